The second-order valence-electron chi connectivity index (χ2n) is 3.90. The minimum absolute atomic E-state index is 0.164. The lowest BCUT2D eigenvalue weighted by molar-refractivity contribution is 0.768. The van der Waals surface area contributed by atoms with Crippen molar-refractivity contribution in [2.75, 3.05) is 0 Å². The molecule has 5 heteroatoms. The van der Waals surface area contributed by atoms with E-state index in [1.54, 1.807) is 12.4 Å². The number of nitrogens with two attached hydrogens (primary N) is 1. The zero-order valence-corrected chi connectivity index (χ0v) is 11.3. The van der Waals surface area contributed by atoms with Crippen LogP contribution in [0.15, 0.2) is 29.0 Å². The molecule has 2 aromatic rings. The van der Waals surface area contributed by atoms with Crippen LogP contribution in [-0.2, 0) is 0 Å². The van der Waals surface area contributed by atoms with Crippen LogP contribution >= 0.6 is 15.9 Å². The first kappa shape index (κ1) is 12.1. The van der Waals surface area contributed by atoms with Crippen molar-refractivity contribution in [2.24, 2.45) is 5.73 Å². The van der Waals surface area contributed by atoms with Crippen LogP contribution < -0.4 is 5.73 Å². The molecule has 0 radical (unpaired) electrons. The Morgan fingerprint density at radius 2 is 2.00 bits per heavy atom. The first-order chi connectivity index (χ1) is 8.08. The van der Waals surface area contributed by atoms with Gasteiger partial charge in [-0.15, -0.1) is 0 Å². The first-order valence-electron chi connectivity index (χ1n) is 5.29. The summed E-state index contributed by atoms with van der Waals surface area (Å²) in [5.74, 6) is 0. The van der Waals surface area contributed by atoms with Gasteiger partial charge in [0.1, 0.15) is 5.69 Å². The van der Waals surface area contributed by atoms with Crippen molar-refractivity contribution in [3.8, 4) is 11.4 Å². The second-order valence-corrected chi connectivity index (χ2v) is 4.81. The number of hydrogen-bond donors (Lipinski definition) is 1. The van der Waals surface area contributed by atoms with Gasteiger partial charge < -0.3 is 5.73 Å². The van der Waals surface area contributed by atoms with Crippen molar-refractivity contribution in [1.82, 2.24) is 15.0 Å². The van der Waals surface area contributed by atoms with Crippen LogP contribution in [0.5, 0.6) is 0 Å². The summed E-state index contributed by atoms with van der Waals surface area (Å²) in [6, 6.07) is 3.66. The smallest absolute Gasteiger partial charge is 0.112 e. The van der Waals surface area contributed by atoms with Gasteiger partial charge in [0.25, 0.3) is 0 Å². The molecule has 0 aromatic carbocycles. The van der Waals surface area contributed by atoms with Crippen molar-refractivity contribution in [2.45, 2.75) is 19.9 Å². The molecule has 88 valence electrons. The van der Waals surface area contributed by atoms with E-state index in [9.17, 15) is 0 Å². The van der Waals surface area contributed by atoms with E-state index in [0.29, 0.717) is 0 Å². The van der Waals surface area contributed by atoms with E-state index in [0.717, 1.165) is 27.2 Å². The van der Waals surface area contributed by atoms with E-state index in [1.807, 2.05) is 26.0 Å². The third-order valence-corrected chi connectivity index (χ3v) is 2.79. The van der Waals surface area contributed by atoms with Crippen LogP contribution in [0.1, 0.15) is 24.4 Å². The normalized spacial score (nSPS) is 12.5. The van der Waals surface area contributed by atoms with Crippen LogP contribution in [0.3, 0.4) is 0 Å². The number of halogens is 1. The summed E-state index contributed by atoms with van der Waals surface area (Å²) in [6.07, 6.45) is 3.47. The largest absolute Gasteiger partial charge is 0.323 e. The van der Waals surface area contributed by atoms with E-state index < -0.39 is 0 Å². The molecule has 1 atom stereocenters. The Bertz CT molecular complexity index is 523. The molecule has 4 nitrogen and oxygen atoms in total. The minimum Gasteiger partial charge on any atom is -0.323 e. The zero-order valence-electron chi connectivity index (χ0n) is 9.68. The fourth-order valence-electron chi connectivity index (χ4n) is 1.53. The summed E-state index contributed by atoms with van der Waals surface area (Å²) in [4.78, 5) is 13.1. The maximum atomic E-state index is 5.91. The molecular formula is C12H13BrN4. The molecule has 2 heterocycles. The molecular weight excluding hydrogens is 280 g/mol. The van der Waals surface area contributed by atoms with Crippen molar-refractivity contribution >= 4 is 15.9 Å². The summed E-state index contributed by atoms with van der Waals surface area (Å²) in [5, 5.41) is 0. The minimum atomic E-state index is -0.164. The van der Waals surface area contributed by atoms with Gasteiger partial charge in [-0.1, -0.05) is 0 Å². The molecule has 0 bridgehead atoms. The number of pyridine rings is 1. The average Bonchev–Trinajstić information content (AvgIpc) is 2.30. The fraction of sp³-hybridized carbons (Fsp3) is 0.250. The van der Waals surface area contributed by atoms with Crippen LogP contribution in [0, 0.1) is 6.92 Å². The predicted molar refractivity (Wildman–Crippen MR) is 70.3 cm³/mol. The zero-order chi connectivity index (χ0) is 12.4. The summed E-state index contributed by atoms with van der Waals surface area (Å²) < 4.78 is 0.934. The lowest BCUT2D eigenvalue weighted by Crippen LogP contribution is -2.11. The maximum absolute atomic E-state index is 5.91. The number of aryl methyl sites for hydroxylation is 1. The Balaban J connectivity index is 2.54. The summed E-state index contributed by atoms with van der Waals surface area (Å²) in [7, 11) is 0. The molecule has 0 aliphatic heterocycles. The van der Waals surface area contributed by atoms with Gasteiger partial charge >= 0.3 is 0 Å². The highest BCUT2D eigenvalue weighted by Crippen LogP contribution is 2.23. The molecule has 17 heavy (non-hydrogen) atoms. The Morgan fingerprint density at radius 1 is 1.24 bits per heavy atom. The molecule has 2 rings (SSSR count). The molecule has 0 spiro atoms. The molecule has 2 N–H and O–H groups in total. The molecule has 0 saturated carbocycles. The lowest BCUT2D eigenvalue weighted by atomic mass is 10.1. The van der Waals surface area contributed by atoms with Gasteiger partial charge in [-0.05, 0) is 41.9 Å². The van der Waals surface area contributed by atoms with Crippen molar-refractivity contribution in [1.29, 1.82) is 0 Å². The summed E-state index contributed by atoms with van der Waals surface area (Å²) in [5.41, 5.74) is 9.08. The van der Waals surface area contributed by atoms with E-state index in [1.165, 1.54) is 0 Å². The Morgan fingerprint density at radius 3 is 2.59 bits per heavy atom. The third kappa shape index (κ3) is 2.68. The van der Waals surface area contributed by atoms with Crippen LogP contribution in [-0.4, -0.2) is 15.0 Å². The third-order valence-electron chi connectivity index (χ3n) is 2.32. The van der Waals surface area contributed by atoms with Crippen LogP contribution in [0.25, 0.3) is 11.4 Å². The Kier molecular flexibility index (Phi) is 3.49. The summed E-state index contributed by atoms with van der Waals surface area (Å²) in [6.45, 7) is 3.80. The monoisotopic (exact) mass is 292 g/mol. The SMILES string of the molecule is Cc1cnc(-c2ccc(Br)cn2)c(C(C)N)n1. The van der Waals surface area contributed by atoms with Crippen LogP contribution in [0.2, 0.25) is 0 Å². The van der Waals surface area contributed by atoms with Crippen molar-refractivity contribution in [3.05, 3.63) is 40.4 Å². The second kappa shape index (κ2) is 4.89. The van der Waals surface area contributed by atoms with Gasteiger partial charge in [-0.25, -0.2) is 0 Å². The van der Waals surface area contributed by atoms with E-state index in [-0.39, 0.29) is 6.04 Å². The van der Waals surface area contributed by atoms with Gasteiger partial charge in [0.15, 0.2) is 0 Å². The molecule has 0 fully saturated rings. The number of rotatable bonds is 2. The topological polar surface area (TPSA) is 64.7 Å². The maximum Gasteiger partial charge on any atom is 0.112 e. The molecule has 0 saturated heterocycles. The standard InChI is InChI=1S/C12H13BrN4/c1-7-5-16-12(11(17-7)8(2)14)10-4-3-9(13)6-15-10/h3-6,8H,14H2,1-2H3. The van der Waals surface area contributed by atoms with Crippen LogP contribution in [0.4, 0.5) is 0 Å². The van der Waals surface area contributed by atoms with E-state index >= 15 is 0 Å². The number of nitrogens with zero attached hydrogens (tertiary/aromatic N) is 3. The fourth-order valence-corrected chi connectivity index (χ4v) is 1.76. The van der Waals surface area contributed by atoms with Crippen molar-refractivity contribution < 1.29 is 0 Å². The molecule has 0 amide bonds. The highest BCUT2D eigenvalue weighted by molar-refractivity contribution is 9.10. The number of hydrogen-bond acceptors (Lipinski definition) is 4. The highest BCUT2D eigenvalue weighted by Gasteiger charge is 2.13. The highest BCUT2D eigenvalue weighted by atomic mass is 79.9. The predicted octanol–water partition coefficient (Wildman–Crippen LogP) is 2.63. The van der Waals surface area contributed by atoms with Gasteiger partial charge in [-0.2, -0.15) is 0 Å². The van der Waals surface area contributed by atoms with E-state index in [2.05, 4.69) is 30.9 Å². The Labute approximate surface area is 108 Å². The number of aromatic nitrogens is 3. The van der Waals surface area contributed by atoms with Gasteiger partial charge in [0.05, 0.1) is 17.1 Å². The molecule has 0 aliphatic rings. The van der Waals surface area contributed by atoms with Gasteiger partial charge in [0, 0.05) is 22.9 Å². The Hall–Kier alpha value is -1.33. The quantitative estimate of drug-likeness (QED) is 0.924. The molecule has 1 unspecified atom stereocenters. The van der Waals surface area contributed by atoms with Gasteiger partial charge in [-0.3, -0.25) is 15.0 Å². The van der Waals surface area contributed by atoms with Crippen molar-refractivity contribution in [3.63, 3.8) is 0 Å². The lowest BCUT2D eigenvalue weighted by Gasteiger charge is -2.10. The summed E-state index contributed by atoms with van der Waals surface area (Å²) >= 11 is 3.35. The molecule has 0 aliphatic carbocycles. The van der Waals surface area contributed by atoms with E-state index in [4.69, 9.17) is 5.73 Å². The average molecular weight is 293 g/mol. The molecule has 2 aromatic heterocycles. The first-order valence-corrected chi connectivity index (χ1v) is 6.08. The van der Waals surface area contributed by atoms with Gasteiger partial charge in [0.2, 0.25) is 0 Å².